The Kier molecular flexibility index (Phi) is 6.48. The van der Waals surface area contributed by atoms with E-state index in [4.69, 9.17) is 22.1 Å². The maximum atomic E-state index is 14.1. The minimum absolute atomic E-state index is 0.0141. The predicted octanol–water partition coefficient (Wildman–Crippen LogP) is 1.97. The van der Waals surface area contributed by atoms with Crippen molar-refractivity contribution in [2.75, 3.05) is 14.1 Å². The number of likely N-dealkylation sites (N-methyl/N-ethyl adjacent to an activating group) is 1. The third kappa shape index (κ3) is 3.73. The highest BCUT2D eigenvalue weighted by atomic mass is 35.5. The molecule has 0 radical (unpaired) electrons. The van der Waals surface area contributed by atoms with Crippen molar-refractivity contribution < 1.29 is 44.3 Å². The van der Waals surface area contributed by atoms with Crippen molar-refractivity contribution in [3.05, 3.63) is 81.1 Å². The van der Waals surface area contributed by atoms with E-state index in [1.165, 1.54) is 43.3 Å². The third-order valence-corrected chi connectivity index (χ3v) is 8.19. The first-order valence-electron chi connectivity index (χ1n) is 12.2. The Balaban J connectivity index is 1.76. The van der Waals surface area contributed by atoms with E-state index < -0.39 is 81.4 Å². The average Bonchev–Trinajstić information content (AvgIpc) is 2.90. The van der Waals surface area contributed by atoms with Crippen LogP contribution in [0.4, 0.5) is 0 Å². The molecule has 3 aliphatic carbocycles. The van der Waals surface area contributed by atoms with E-state index in [1.54, 1.807) is 18.2 Å². The number of primary amides is 1. The van der Waals surface area contributed by atoms with Crippen molar-refractivity contribution in [2.45, 2.75) is 24.2 Å². The molecular weight excluding hydrogens is 544 g/mol. The number of hydrogen-bond donors (Lipinski definition) is 5. The number of esters is 1. The Morgan fingerprint density at radius 3 is 2.33 bits per heavy atom. The van der Waals surface area contributed by atoms with E-state index in [0.717, 1.165) is 0 Å². The molecule has 0 spiro atoms. The first-order valence-corrected chi connectivity index (χ1v) is 12.6. The molecule has 208 valence electrons. The molecule has 0 heterocycles. The molecular formula is C28H25ClN2O9. The Labute approximate surface area is 232 Å². The lowest BCUT2D eigenvalue weighted by molar-refractivity contribution is -0.156. The Morgan fingerprint density at radius 2 is 1.73 bits per heavy atom. The Morgan fingerprint density at radius 1 is 1.07 bits per heavy atom. The zero-order valence-electron chi connectivity index (χ0n) is 21.3. The molecule has 11 nitrogen and oxygen atoms in total. The summed E-state index contributed by atoms with van der Waals surface area (Å²) >= 11 is 6.48. The lowest BCUT2D eigenvalue weighted by Crippen LogP contribution is -2.66. The highest BCUT2D eigenvalue weighted by Gasteiger charge is 2.65. The summed E-state index contributed by atoms with van der Waals surface area (Å²) in [6, 6.07) is 9.14. The molecule has 0 unspecified atom stereocenters. The fraction of sp³-hybridized carbons (Fsp3) is 0.286. The van der Waals surface area contributed by atoms with Gasteiger partial charge in [-0.1, -0.05) is 29.8 Å². The van der Waals surface area contributed by atoms with Gasteiger partial charge in [-0.05, 0) is 44.8 Å². The normalized spacial score (nSPS) is 27.7. The second-order valence-electron chi connectivity index (χ2n) is 10.2. The number of aliphatic hydroxyl groups excluding tert-OH is 2. The molecule has 1 amide bonds. The van der Waals surface area contributed by atoms with Gasteiger partial charge in [0.2, 0.25) is 5.78 Å². The van der Waals surface area contributed by atoms with Crippen LogP contribution in [0.5, 0.6) is 5.75 Å². The highest BCUT2D eigenvalue weighted by Crippen LogP contribution is 2.57. The number of hydrogen-bond acceptors (Lipinski definition) is 10. The highest BCUT2D eigenvalue weighted by molar-refractivity contribution is 6.32. The summed E-state index contributed by atoms with van der Waals surface area (Å²) < 4.78 is 5.87. The van der Waals surface area contributed by atoms with Crippen LogP contribution < -0.4 is 5.73 Å². The van der Waals surface area contributed by atoms with Gasteiger partial charge in [0.25, 0.3) is 5.91 Å². The maximum Gasteiger partial charge on any atom is 0.338 e. The van der Waals surface area contributed by atoms with Crippen LogP contribution in [-0.2, 0) is 19.1 Å². The molecule has 0 saturated heterocycles. The second-order valence-corrected chi connectivity index (χ2v) is 10.6. The van der Waals surface area contributed by atoms with Crippen LogP contribution in [0.25, 0.3) is 5.76 Å². The molecule has 40 heavy (non-hydrogen) atoms. The minimum Gasteiger partial charge on any atom is -0.508 e. The molecule has 0 bridgehead atoms. The topological polar surface area (TPSA) is 188 Å². The van der Waals surface area contributed by atoms with Gasteiger partial charge in [-0.3, -0.25) is 19.3 Å². The number of amides is 1. The van der Waals surface area contributed by atoms with Gasteiger partial charge in [0.05, 0.1) is 17.2 Å². The van der Waals surface area contributed by atoms with Crippen molar-refractivity contribution >= 4 is 40.8 Å². The van der Waals surface area contributed by atoms with E-state index in [1.807, 2.05) is 0 Å². The number of ether oxygens (including phenoxy) is 1. The van der Waals surface area contributed by atoms with Gasteiger partial charge in [0.15, 0.2) is 11.4 Å². The molecule has 1 saturated carbocycles. The minimum atomic E-state index is -2.84. The van der Waals surface area contributed by atoms with Crippen LogP contribution in [0.3, 0.4) is 0 Å². The van der Waals surface area contributed by atoms with Crippen LogP contribution in [0.1, 0.15) is 34.0 Å². The molecule has 0 aromatic heterocycles. The summed E-state index contributed by atoms with van der Waals surface area (Å²) in [5, 5.41) is 44.7. The first kappa shape index (κ1) is 27.4. The lowest BCUT2D eigenvalue weighted by atomic mass is 9.57. The second kappa shape index (κ2) is 9.47. The largest absolute Gasteiger partial charge is 0.508 e. The van der Waals surface area contributed by atoms with Crippen LogP contribution in [0, 0.1) is 11.8 Å². The number of phenols is 1. The standard InChI is InChI=1S/C28H25ClN2O9/c1-31(2)20-13-10-12-16(24(35)28(13,39)25(36)19(22(20)34)26(30)37)21(33)18-15(32)9-8-14(29)17(18)23(12)40-27(38)11-6-4-3-5-7-11/h3-9,12-13,20,23,32-33,36,39H,10H2,1-2H3,(H2,30,37)/t12-,13-,20-,23-,28-/m0/s1. The summed E-state index contributed by atoms with van der Waals surface area (Å²) in [5.41, 5.74) is 0.994. The number of Topliss-reactive ketones (excluding diaryl/α,β-unsaturated/α-hetero) is 2. The van der Waals surface area contributed by atoms with Gasteiger partial charge in [-0.2, -0.15) is 0 Å². The van der Waals surface area contributed by atoms with Gasteiger partial charge in [-0.25, -0.2) is 4.79 Å². The van der Waals surface area contributed by atoms with Gasteiger partial charge in [0, 0.05) is 28.0 Å². The molecule has 6 N–H and O–H groups in total. The fourth-order valence-corrected chi connectivity index (χ4v) is 6.38. The maximum absolute atomic E-state index is 14.1. The van der Waals surface area contributed by atoms with Crippen molar-refractivity contribution in [1.82, 2.24) is 4.90 Å². The van der Waals surface area contributed by atoms with Crippen LogP contribution in [0.2, 0.25) is 5.02 Å². The summed E-state index contributed by atoms with van der Waals surface area (Å²) in [6.07, 6.45) is -1.65. The SMILES string of the molecule is CN(C)[C@@H]1C(=O)C(C(N)=O)=C(O)[C@@]2(O)C(=O)C3=C(O)c4c(O)ccc(Cl)c4[C@@H](OC(=O)c4ccccc4)[C@H]3C[C@@H]12. The Bertz CT molecular complexity index is 1550. The quantitative estimate of drug-likeness (QED) is 0.269. The van der Waals surface area contributed by atoms with Gasteiger partial charge in [-0.15, -0.1) is 0 Å². The number of nitrogens with two attached hydrogens (primary N) is 1. The molecule has 0 aliphatic heterocycles. The smallest absolute Gasteiger partial charge is 0.338 e. The number of rotatable bonds is 4. The van der Waals surface area contributed by atoms with Crippen LogP contribution in [-0.4, -0.2) is 74.5 Å². The number of carbonyl (C=O) groups excluding carboxylic acids is 4. The molecule has 12 heteroatoms. The summed E-state index contributed by atoms with van der Waals surface area (Å²) in [7, 11) is 2.96. The molecule has 2 aromatic rings. The molecule has 5 rings (SSSR count). The molecule has 5 atom stereocenters. The monoisotopic (exact) mass is 568 g/mol. The molecule has 1 fully saturated rings. The van der Waals surface area contributed by atoms with E-state index in [0.29, 0.717) is 0 Å². The summed E-state index contributed by atoms with van der Waals surface area (Å²) in [5.74, 6) is -9.29. The summed E-state index contributed by atoms with van der Waals surface area (Å²) in [4.78, 5) is 54.1. The number of benzene rings is 2. The number of fused-ring (bicyclic) bond motifs is 3. The van der Waals surface area contributed by atoms with E-state index in [2.05, 4.69) is 0 Å². The predicted molar refractivity (Wildman–Crippen MR) is 140 cm³/mol. The number of aromatic hydroxyl groups is 1. The van der Waals surface area contributed by atoms with Crippen molar-refractivity contribution in [2.24, 2.45) is 17.6 Å². The number of ketones is 2. The zero-order chi connectivity index (χ0) is 29.3. The number of nitrogens with zero attached hydrogens (tertiary/aromatic N) is 1. The van der Waals surface area contributed by atoms with Crippen LogP contribution >= 0.6 is 11.6 Å². The van der Waals surface area contributed by atoms with E-state index >= 15 is 0 Å². The number of phenolic OH excluding ortho intramolecular Hbond substituents is 1. The average molecular weight is 569 g/mol. The number of carbonyl (C=O) groups is 4. The number of halogens is 1. The third-order valence-electron chi connectivity index (χ3n) is 7.86. The van der Waals surface area contributed by atoms with Gasteiger partial charge < -0.3 is 30.9 Å². The van der Waals surface area contributed by atoms with E-state index in [9.17, 15) is 39.6 Å². The Hall–Kier alpha value is -4.19. The summed E-state index contributed by atoms with van der Waals surface area (Å²) in [6.45, 7) is 0. The molecule has 2 aromatic carbocycles. The fourth-order valence-electron chi connectivity index (χ4n) is 6.12. The lowest BCUT2D eigenvalue weighted by Gasteiger charge is -2.51. The van der Waals surface area contributed by atoms with Crippen molar-refractivity contribution in [1.29, 1.82) is 0 Å². The zero-order valence-corrected chi connectivity index (χ0v) is 22.0. The molecule has 3 aliphatic rings. The van der Waals surface area contributed by atoms with Crippen molar-refractivity contribution in [3.63, 3.8) is 0 Å². The van der Waals surface area contributed by atoms with Gasteiger partial charge >= 0.3 is 5.97 Å². The van der Waals surface area contributed by atoms with Gasteiger partial charge in [0.1, 0.15) is 28.9 Å². The van der Waals surface area contributed by atoms with Crippen LogP contribution in [0.15, 0.2) is 59.4 Å². The number of aliphatic hydroxyl groups is 3. The van der Waals surface area contributed by atoms with E-state index in [-0.39, 0.29) is 28.1 Å². The van der Waals surface area contributed by atoms with Crippen molar-refractivity contribution in [3.8, 4) is 5.75 Å². The first-order chi connectivity index (χ1) is 18.8.